The maximum absolute atomic E-state index is 13.2. The summed E-state index contributed by atoms with van der Waals surface area (Å²) in [7, 11) is 0. The summed E-state index contributed by atoms with van der Waals surface area (Å²) in [4.78, 5) is 10.3. The number of halogens is 1. The first kappa shape index (κ1) is 12.9. The molecule has 2 heterocycles. The van der Waals surface area contributed by atoms with Crippen molar-refractivity contribution < 1.29 is 4.39 Å². The van der Waals surface area contributed by atoms with E-state index in [1.807, 2.05) is 11.8 Å². The normalized spacial score (nSPS) is 14.0. The number of fused-ring (bicyclic) bond motifs is 1. The minimum atomic E-state index is -0.234. The first-order valence-electron chi connectivity index (χ1n) is 6.27. The molecule has 4 nitrogen and oxygen atoms in total. The zero-order valence-corrected chi connectivity index (χ0v) is 11.7. The van der Waals surface area contributed by atoms with Crippen molar-refractivity contribution in [1.82, 2.24) is 4.98 Å². The third-order valence-electron chi connectivity index (χ3n) is 3.23. The van der Waals surface area contributed by atoms with Crippen molar-refractivity contribution in [2.45, 2.75) is 13.3 Å². The van der Waals surface area contributed by atoms with Gasteiger partial charge >= 0.3 is 0 Å². The number of amidine groups is 1. The van der Waals surface area contributed by atoms with Crippen LogP contribution in [0.25, 0.3) is 0 Å². The second-order valence-electron chi connectivity index (χ2n) is 4.42. The van der Waals surface area contributed by atoms with Crippen LogP contribution in [-0.2, 0) is 6.42 Å². The molecule has 3 rings (SSSR count). The highest BCUT2D eigenvalue weighted by Gasteiger charge is 2.26. The standard InChI is InChI=1S/C14H13FN4S/c1-2-17-14-12(18-8-20-14)13(16)19-6-5-9-7-10(15)3-4-11(9)19/h2-4,7-8,16H,5-6H2,1H3/b16-13?,17-2-. The summed E-state index contributed by atoms with van der Waals surface area (Å²) in [6.07, 6.45) is 2.43. The Morgan fingerprint density at radius 3 is 3.20 bits per heavy atom. The molecule has 1 aliphatic rings. The Morgan fingerprint density at radius 1 is 1.55 bits per heavy atom. The molecule has 102 valence electrons. The highest BCUT2D eigenvalue weighted by molar-refractivity contribution is 7.14. The van der Waals surface area contributed by atoms with Gasteiger partial charge in [0.25, 0.3) is 0 Å². The Hall–Kier alpha value is -2.08. The van der Waals surface area contributed by atoms with E-state index in [-0.39, 0.29) is 5.82 Å². The molecule has 1 N–H and O–H groups in total. The van der Waals surface area contributed by atoms with Crippen molar-refractivity contribution in [3.05, 3.63) is 40.8 Å². The van der Waals surface area contributed by atoms with Gasteiger partial charge in [-0.05, 0) is 37.1 Å². The number of aliphatic imine (C=N–C) groups is 1. The highest BCUT2D eigenvalue weighted by atomic mass is 32.1. The van der Waals surface area contributed by atoms with Crippen molar-refractivity contribution in [3.8, 4) is 0 Å². The molecular weight excluding hydrogens is 275 g/mol. The van der Waals surface area contributed by atoms with Crippen LogP contribution in [-0.4, -0.2) is 23.6 Å². The molecule has 1 aromatic carbocycles. The third-order valence-corrected chi connectivity index (χ3v) is 3.96. The summed E-state index contributed by atoms with van der Waals surface area (Å²) in [5.74, 6) is 0.0827. The fourth-order valence-electron chi connectivity index (χ4n) is 2.34. The predicted molar refractivity (Wildman–Crippen MR) is 80.2 cm³/mol. The van der Waals surface area contributed by atoms with Crippen molar-refractivity contribution in [1.29, 1.82) is 5.41 Å². The molecule has 6 heteroatoms. The number of nitrogens with zero attached hydrogens (tertiary/aromatic N) is 3. The fourth-order valence-corrected chi connectivity index (χ4v) is 3.03. The molecule has 0 spiro atoms. The van der Waals surface area contributed by atoms with Crippen LogP contribution in [0.5, 0.6) is 0 Å². The van der Waals surface area contributed by atoms with Crippen molar-refractivity contribution in [2.75, 3.05) is 11.4 Å². The van der Waals surface area contributed by atoms with Crippen LogP contribution in [0.4, 0.5) is 15.1 Å². The van der Waals surface area contributed by atoms with Gasteiger partial charge in [0.05, 0.1) is 5.51 Å². The van der Waals surface area contributed by atoms with E-state index >= 15 is 0 Å². The van der Waals surface area contributed by atoms with Gasteiger partial charge in [-0.1, -0.05) is 0 Å². The number of rotatable bonds is 2. The van der Waals surface area contributed by atoms with Crippen LogP contribution < -0.4 is 4.90 Å². The Kier molecular flexibility index (Phi) is 3.31. The van der Waals surface area contributed by atoms with Gasteiger partial charge in [-0.15, -0.1) is 11.3 Å². The first-order chi connectivity index (χ1) is 9.70. The van der Waals surface area contributed by atoms with Crippen LogP contribution in [0.2, 0.25) is 0 Å². The van der Waals surface area contributed by atoms with Crippen LogP contribution in [0.3, 0.4) is 0 Å². The average Bonchev–Trinajstić information content (AvgIpc) is 3.04. The summed E-state index contributed by atoms with van der Waals surface area (Å²) in [5, 5.41) is 9.08. The lowest BCUT2D eigenvalue weighted by Gasteiger charge is -2.19. The quantitative estimate of drug-likeness (QED) is 0.680. The van der Waals surface area contributed by atoms with E-state index in [1.54, 1.807) is 17.8 Å². The minimum Gasteiger partial charge on any atom is -0.324 e. The first-order valence-corrected chi connectivity index (χ1v) is 7.15. The van der Waals surface area contributed by atoms with Crippen molar-refractivity contribution in [2.24, 2.45) is 4.99 Å². The van der Waals surface area contributed by atoms with Crippen LogP contribution >= 0.6 is 11.3 Å². The summed E-state index contributed by atoms with van der Waals surface area (Å²) >= 11 is 1.41. The SMILES string of the molecule is C/C=N\c1scnc1C(=N)N1CCc2cc(F)ccc21. The Bertz CT molecular complexity index is 692. The van der Waals surface area contributed by atoms with Crippen LogP contribution in [0, 0.1) is 11.2 Å². The number of hydrogen-bond donors (Lipinski definition) is 1. The second-order valence-corrected chi connectivity index (χ2v) is 5.25. The van der Waals surface area contributed by atoms with Crippen molar-refractivity contribution in [3.63, 3.8) is 0 Å². The second kappa shape index (κ2) is 5.13. The fraction of sp³-hybridized carbons (Fsp3) is 0.214. The van der Waals surface area contributed by atoms with Gasteiger partial charge in [0, 0.05) is 18.4 Å². The molecule has 0 saturated carbocycles. The van der Waals surface area contributed by atoms with Gasteiger partial charge in [-0.3, -0.25) is 5.41 Å². The summed E-state index contributed by atoms with van der Waals surface area (Å²) in [6, 6.07) is 4.69. The van der Waals surface area contributed by atoms with E-state index in [0.29, 0.717) is 18.1 Å². The molecule has 0 fully saturated rings. The molecule has 20 heavy (non-hydrogen) atoms. The molecular formula is C14H13FN4S. The van der Waals surface area contributed by atoms with Gasteiger partial charge in [0.1, 0.15) is 16.5 Å². The zero-order chi connectivity index (χ0) is 14.1. The third kappa shape index (κ3) is 2.12. The molecule has 0 aliphatic carbocycles. The van der Waals surface area contributed by atoms with Crippen LogP contribution in [0.15, 0.2) is 28.7 Å². The smallest absolute Gasteiger partial charge is 0.154 e. The average molecular weight is 288 g/mol. The number of aromatic nitrogens is 1. The number of thiazole rings is 1. The molecule has 0 amide bonds. The number of nitrogens with one attached hydrogen (secondary N) is 1. The largest absolute Gasteiger partial charge is 0.324 e. The number of hydrogen-bond acceptors (Lipinski definition) is 4. The summed E-state index contributed by atoms with van der Waals surface area (Å²) < 4.78 is 13.2. The molecule has 2 aromatic rings. The van der Waals surface area contributed by atoms with Gasteiger partial charge < -0.3 is 4.90 Å². The topological polar surface area (TPSA) is 52.3 Å². The number of benzene rings is 1. The predicted octanol–water partition coefficient (Wildman–Crippen LogP) is 3.39. The lowest BCUT2D eigenvalue weighted by atomic mass is 10.1. The Morgan fingerprint density at radius 2 is 2.40 bits per heavy atom. The van der Waals surface area contributed by atoms with Gasteiger partial charge in [-0.25, -0.2) is 14.4 Å². The molecule has 0 radical (unpaired) electrons. The Labute approximate surface area is 120 Å². The molecule has 1 aliphatic heterocycles. The minimum absolute atomic E-state index is 0.234. The molecule has 0 bridgehead atoms. The maximum Gasteiger partial charge on any atom is 0.154 e. The van der Waals surface area contributed by atoms with E-state index < -0.39 is 0 Å². The number of anilines is 1. The molecule has 0 atom stereocenters. The lowest BCUT2D eigenvalue weighted by molar-refractivity contribution is 0.626. The lowest BCUT2D eigenvalue weighted by Crippen LogP contribution is -2.29. The summed E-state index contributed by atoms with van der Waals surface area (Å²) in [5.41, 5.74) is 4.08. The van der Waals surface area contributed by atoms with Gasteiger partial charge in [-0.2, -0.15) is 0 Å². The molecule has 1 aromatic heterocycles. The summed E-state index contributed by atoms with van der Waals surface area (Å²) in [6.45, 7) is 2.51. The van der Waals surface area contributed by atoms with Gasteiger partial charge in [0.15, 0.2) is 5.84 Å². The monoisotopic (exact) mass is 288 g/mol. The van der Waals surface area contributed by atoms with E-state index in [2.05, 4.69) is 9.98 Å². The van der Waals surface area contributed by atoms with E-state index in [9.17, 15) is 4.39 Å². The van der Waals surface area contributed by atoms with E-state index in [1.165, 1.54) is 23.5 Å². The van der Waals surface area contributed by atoms with Gasteiger partial charge in [0.2, 0.25) is 0 Å². The molecule has 0 unspecified atom stereocenters. The zero-order valence-electron chi connectivity index (χ0n) is 10.9. The highest BCUT2D eigenvalue weighted by Crippen LogP contribution is 2.32. The van der Waals surface area contributed by atoms with E-state index in [4.69, 9.17) is 5.41 Å². The van der Waals surface area contributed by atoms with Crippen molar-refractivity contribution >= 4 is 34.1 Å². The van der Waals surface area contributed by atoms with Crippen LogP contribution in [0.1, 0.15) is 18.2 Å². The maximum atomic E-state index is 13.2. The molecule has 0 saturated heterocycles. The van der Waals surface area contributed by atoms with E-state index in [0.717, 1.165) is 22.7 Å². The Balaban J connectivity index is 1.96.